The van der Waals surface area contributed by atoms with Crippen LogP contribution in [0.1, 0.15) is 22.3 Å². The molecule has 0 saturated heterocycles. The average Bonchev–Trinajstić information content (AvgIpc) is 3.38. The van der Waals surface area contributed by atoms with Crippen LogP contribution in [0.2, 0.25) is 0 Å². The summed E-state index contributed by atoms with van der Waals surface area (Å²) in [6.45, 7) is 8.38. The monoisotopic (exact) mass is 871 g/mol. The van der Waals surface area contributed by atoms with Crippen molar-refractivity contribution >= 4 is 51.2 Å². The van der Waals surface area contributed by atoms with Crippen molar-refractivity contribution in [1.29, 1.82) is 0 Å². The van der Waals surface area contributed by atoms with Crippen LogP contribution in [0.15, 0.2) is 255 Å². The standard InChI is InChI=1S/C50H40N3.2C7H7.Li/c1-38-18-26-45(27-19-38)53(46-28-20-39(2)21-29-46)50-36-34-49(35-37-50)52(44-16-10-5-11-17-44)48-32-24-41(25-33-48)40-22-30-47(31-23-40)51(42-12-6-3-7-13-42)43-14-8-4-9-15-43;2*1-7-5-3-2-4-6-7;/h3,5-37H,1-2H3;2*3-6H,1H3;/q3*-1;+1. The van der Waals surface area contributed by atoms with Gasteiger partial charge in [-0.15, -0.1) is 12.1 Å². The molecule has 10 aromatic rings. The molecule has 0 aliphatic heterocycles. The summed E-state index contributed by atoms with van der Waals surface area (Å²) in [5.74, 6) is 0. The summed E-state index contributed by atoms with van der Waals surface area (Å²) in [6, 6.07) is 97.9. The van der Waals surface area contributed by atoms with E-state index >= 15 is 0 Å². The molecule has 10 aromatic carbocycles. The third-order valence-electron chi connectivity index (χ3n) is 11.3. The SMILES string of the molecule is Cc1cc[c-]cc1.Cc1cc[c-]cc1.Cc1ccc(N(c2ccc(C)cc2)c2ccc(N(c3ccccc3)c3ccc(-c4ccc(N(c5cc[c-]cc5)c5ccccc5)cc4)cc3)cc2)cc1.[Li+]. The van der Waals surface area contributed by atoms with Gasteiger partial charge in [0.25, 0.3) is 0 Å². The Hall–Kier alpha value is -7.80. The van der Waals surface area contributed by atoms with Crippen LogP contribution < -0.4 is 33.6 Å². The van der Waals surface area contributed by atoms with Gasteiger partial charge >= 0.3 is 18.9 Å². The molecule has 4 heteroatoms. The van der Waals surface area contributed by atoms with Gasteiger partial charge < -0.3 is 14.7 Å². The van der Waals surface area contributed by atoms with Crippen LogP contribution in [0.4, 0.5) is 51.2 Å². The summed E-state index contributed by atoms with van der Waals surface area (Å²) in [5, 5.41) is 0. The van der Waals surface area contributed by atoms with E-state index in [4.69, 9.17) is 0 Å². The number of aryl methyl sites for hydroxylation is 4. The van der Waals surface area contributed by atoms with E-state index in [0.717, 1.165) is 62.3 Å². The summed E-state index contributed by atoms with van der Waals surface area (Å²) in [6.07, 6.45) is 0. The van der Waals surface area contributed by atoms with E-state index in [2.05, 4.69) is 249 Å². The molecule has 0 bridgehead atoms. The molecule has 328 valence electrons. The Balaban J connectivity index is 0.000000391. The molecule has 0 fully saturated rings. The zero-order valence-electron chi connectivity index (χ0n) is 39.6. The van der Waals surface area contributed by atoms with Gasteiger partial charge in [0.05, 0.1) is 0 Å². The van der Waals surface area contributed by atoms with Gasteiger partial charge in [-0.2, -0.15) is 90.0 Å². The maximum Gasteiger partial charge on any atom is 1.00 e. The molecular formula is C64H54LiN3-2. The van der Waals surface area contributed by atoms with E-state index in [0.29, 0.717) is 0 Å². The van der Waals surface area contributed by atoms with Crippen molar-refractivity contribution in [2.75, 3.05) is 14.7 Å². The maximum absolute atomic E-state index is 3.14. The van der Waals surface area contributed by atoms with Crippen molar-refractivity contribution in [1.82, 2.24) is 0 Å². The third-order valence-corrected chi connectivity index (χ3v) is 11.3. The molecule has 0 spiro atoms. The Labute approximate surface area is 416 Å². The molecule has 0 N–H and O–H groups in total. The van der Waals surface area contributed by atoms with Crippen LogP contribution in [-0.2, 0) is 0 Å². The van der Waals surface area contributed by atoms with Gasteiger partial charge in [0, 0.05) is 45.5 Å². The summed E-state index contributed by atoms with van der Waals surface area (Å²) in [4.78, 5) is 6.89. The van der Waals surface area contributed by atoms with Crippen LogP contribution in [0.5, 0.6) is 0 Å². The normalized spacial score (nSPS) is 10.2. The fourth-order valence-electron chi connectivity index (χ4n) is 7.71. The minimum atomic E-state index is 0. The van der Waals surface area contributed by atoms with E-state index in [-0.39, 0.29) is 18.9 Å². The quantitative estimate of drug-likeness (QED) is 0.100. The zero-order chi connectivity index (χ0) is 46.2. The maximum atomic E-state index is 3.14. The van der Waals surface area contributed by atoms with Crippen molar-refractivity contribution < 1.29 is 18.9 Å². The predicted octanol–water partition coefficient (Wildman–Crippen LogP) is 14.8. The number of nitrogens with zero attached hydrogens (tertiary/aromatic N) is 3. The average molecular weight is 872 g/mol. The summed E-state index contributed by atoms with van der Waals surface area (Å²) < 4.78 is 0. The number of rotatable bonds is 10. The Bertz CT molecular complexity index is 2860. The second-order valence-electron chi connectivity index (χ2n) is 16.4. The Kier molecular flexibility index (Phi) is 17.1. The van der Waals surface area contributed by atoms with Gasteiger partial charge in [-0.05, 0) is 122 Å². The summed E-state index contributed by atoms with van der Waals surface area (Å²) >= 11 is 0. The van der Waals surface area contributed by atoms with Crippen LogP contribution in [0.3, 0.4) is 0 Å². The second kappa shape index (κ2) is 24.1. The predicted molar refractivity (Wildman–Crippen MR) is 284 cm³/mol. The van der Waals surface area contributed by atoms with Crippen molar-refractivity contribution in [2.24, 2.45) is 0 Å². The smallest absolute Gasteiger partial charge is 0.334 e. The molecule has 68 heavy (non-hydrogen) atoms. The first-order valence-electron chi connectivity index (χ1n) is 22.7. The first-order chi connectivity index (χ1) is 32.9. The van der Waals surface area contributed by atoms with Crippen LogP contribution in [0.25, 0.3) is 11.1 Å². The van der Waals surface area contributed by atoms with Crippen molar-refractivity contribution in [3.05, 3.63) is 295 Å². The van der Waals surface area contributed by atoms with Crippen LogP contribution in [0, 0.1) is 45.9 Å². The number of hydrogen-bond acceptors (Lipinski definition) is 3. The molecule has 3 nitrogen and oxygen atoms in total. The minimum Gasteiger partial charge on any atom is -0.334 e. The Morgan fingerprint density at radius 3 is 0.691 bits per heavy atom. The Morgan fingerprint density at radius 2 is 0.426 bits per heavy atom. The molecule has 0 aromatic heterocycles. The number of para-hydroxylation sites is 2. The van der Waals surface area contributed by atoms with Gasteiger partial charge in [0.1, 0.15) is 0 Å². The van der Waals surface area contributed by atoms with Gasteiger partial charge in [-0.25, -0.2) is 0 Å². The largest absolute Gasteiger partial charge is 1.00 e. The van der Waals surface area contributed by atoms with Gasteiger partial charge in [0.2, 0.25) is 0 Å². The van der Waals surface area contributed by atoms with Gasteiger partial charge in [-0.1, -0.05) is 116 Å². The minimum absolute atomic E-state index is 0. The molecular weight excluding hydrogens is 818 g/mol. The molecule has 0 aliphatic carbocycles. The molecule has 0 amide bonds. The summed E-state index contributed by atoms with van der Waals surface area (Å²) in [7, 11) is 0. The first kappa shape index (κ1) is 48.1. The van der Waals surface area contributed by atoms with E-state index in [1.165, 1.54) is 22.3 Å². The first-order valence-corrected chi connectivity index (χ1v) is 22.7. The van der Waals surface area contributed by atoms with E-state index in [1.807, 2.05) is 66.7 Å². The number of hydrogen-bond donors (Lipinski definition) is 0. The van der Waals surface area contributed by atoms with Crippen molar-refractivity contribution in [3.63, 3.8) is 0 Å². The molecule has 0 heterocycles. The Morgan fingerprint density at radius 1 is 0.221 bits per heavy atom. The van der Waals surface area contributed by atoms with Crippen molar-refractivity contribution in [3.8, 4) is 11.1 Å². The fraction of sp³-hybridized carbons (Fsp3) is 0.0625. The summed E-state index contributed by atoms with van der Waals surface area (Å²) in [5.41, 5.74) is 17.3. The van der Waals surface area contributed by atoms with Crippen LogP contribution in [-0.4, -0.2) is 0 Å². The number of anilines is 9. The zero-order valence-corrected chi connectivity index (χ0v) is 39.6. The van der Waals surface area contributed by atoms with Gasteiger partial charge in [0.15, 0.2) is 0 Å². The van der Waals surface area contributed by atoms with Crippen LogP contribution >= 0.6 is 0 Å². The molecule has 0 radical (unpaired) electrons. The molecule has 0 atom stereocenters. The number of benzene rings is 10. The molecule has 10 rings (SSSR count). The van der Waals surface area contributed by atoms with E-state index < -0.39 is 0 Å². The third kappa shape index (κ3) is 12.8. The van der Waals surface area contributed by atoms with Gasteiger partial charge in [-0.3, -0.25) is 0 Å². The second-order valence-corrected chi connectivity index (χ2v) is 16.4. The van der Waals surface area contributed by atoms with Crippen molar-refractivity contribution in [2.45, 2.75) is 27.7 Å². The molecule has 0 unspecified atom stereocenters. The molecule has 0 aliphatic rings. The fourth-order valence-corrected chi connectivity index (χ4v) is 7.71. The topological polar surface area (TPSA) is 9.72 Å². The van der Waals surface area contributed by atoms with E-state index in [1.54, 1.807) is 0 Å². The molecule has 0 saturated carbocycles. The van der Waals surface area contributed by atoms with E-state index in [9.17, 15) is 0 Å².